The number of para-hydroxylation sites is 1. The third kappa shape index (κ3) is 3.57. The lowest BCUT2D eigenvalue weighted by molar-refractivity contribution is 0.0937. The van der Waals surface area contributed by atoms with Crippen molar-refractivity contribution in [3.05, 3.63) is 102 Å². The number of pyridine rings is 2. The van der Waals surface area contributed by atoms with Gasteiger partial charge in [-0.15, -0.1) is 0 Å². The number of aromatic nitrogens is 3. The van der Waals surface area contributed by atoms with Crippen LogP contribution in [-0.4, -0.2) is 26.0 Å². The Balaban J connectivity index is 1.57. The van der Waals surface area contributed by atoms with Gasteiger partial charge in [-0.25, -0.2) is 9.37 Å². The van der Waals surface area contributed by atoms with Crippen LogP contribution in [0.1, 0.15) is 27.8 Å². The molecule has 0 saturated carbocycles. The highest BCUT2D eigenvalue weighted by atomic mass is 19.1. The third-order valence-electron chi connectivity index (χ3n) is 5.16. The van der Waals surface area contributed by atoms with Gasteiger partial charge in [-0.2, -0.15) is 0 Å². The number of hydrogen-bond acceptors (Lipinski definition) is 4. The smallest absolute Gasteiger partial charge is 0.270 e. The van der Waals surface area contributed by atoms with E-state index in [-0.39, 0.29) is 17.0 Å². The Kier molecular flexibility index (Phi) is 4.55. The maximum atomic E-state index is 14.0. The van der Waals surface area contributed by atoms with Gasteiger partial charge in [0.25, 0.3) is 5.91 Å². The molecule has 31 heavy (non-hydrogen) atoms. The van der Waals surface area contributed by atoms with E-state index in [1.807, 2.05) is 30.3 Å². The number of rotatable bonds is 4. The van der Waals surface area contributed by atoms with E-state index in [4.69, 9.17) is 0 Å². The Hall–Kier alpha value is -4.26. The fraction of sp³-hybridized carbons (Fsp3) is 0.0417. The third-order valence-corrected chi connectivity index (χ3v) is 5.16. The summed E-state index contributed by atoms with van der Waals surface area (Å²) in [6, 6.07) is 17.4. The average Bonchev–Trinajstić information content (AvgIpc) is 3.22. The van der Waals surface area contributed by atoms with Crippen LogP contribution >= 0.6 is 0 Å². The van der Waals surface area contributed by atoms with E-state index in [9.17, 15) is 14.3 Å². The molecule has 0 bridgehead atoms. The first-order valence-electron chi connectivity index (χ1n) is 9.66. The minimum absolute atomic E-state index is 0.122. The van der Waals surface area contributed by atoms with Crippen LogP contribution in [0.25, 0.3) is 21.8 Å². The zero-order chi connectivity index (χ0) is 21.4. The monoisotopic (exact) mass is 412 g/mol. The second kappa shape index (κ2) is 7.53. The van der Waals surface area contributed by atoms with E-state index >= 15 is 0 Å². The molecule has 5 rings (SSSR count). The minimum atomic E-state index is -0.814. The van der Waals surface area contributed by atoms with Crippen molar-refractivity contribution in [2.45, 2.75) is 6.04 Å². The summed E-state index contributed by atoms with van der Waals surface area (Å²) >= 11 is 0. The normalized spacial score (nSPS) is 12.2. The summed E-state index contributed by atoms with van der Waals surface area (Å²) in [5, 5.41) is 15.0. The zero-order valence-electron chi connectivity index (χ0n) is 16.2. The Labute approximate surface area is 176 Å². The van der Waals surface area contributed by atoms with E-state index in [1.165, 1.54) is 18.2 Å². The summed E-state index contributed by atoms with van der Waals surface area (Å²) < 4.78 is 14.0. The van der Waals surface area contributed by atoms with Gasteiger partial charge in [0, 0.05) is 34.6 Å². The van der Waals surface area contributed by atoms with E-state index in [0.29, 0.717) is 11.2 Å². The second-order valence-electron chi connectivity index (χ2n) is 7.19. The van der Waals surface area contributed by atoms with Gasteiger partial charge in [0.15, 0.2) is 0 Å². The average molecular weight is 412 g/mol. The fourth-order valence-corrected chi connectivity index (χ4v) is 3.63. The van der Waals surface area contributed by atoms with Gasteiger partial charge in [0.05, 0.1) is 11.6 Å². The largest absolute Gasteiger partial charge is 0.508 e. The van der Waals surface area contributed by atoms with Crippen LogP contribution in [0, 0.1) is 5.82 Å². The molecule has 2 aromatic carbocycles. The second-order valence-corrected chi connectivity index (χ2v) is 7.19. The molecule has 0 aliphatic heterocycles. The Morgan fingerprint density at radius 2 is 1.90 bits per heavy atom. The molecule has 1 atom stereocenters. The van der Waals surface area contributed by atoms with Crippen molar-refractivity contribution in [3.8, 4) is 5.75 Å². The summed E-state index contributed by atoms with van der Waals surface area (Å²) in [6.45, 7) is 0. The number of amides is 1. The predicted octanol–water partition coefficient (Wildman–Crippen LogP) is 4.48. The number of carbonyl (C=O) groups excluding carboxylic acids is 1. The molecule has 3 aromatic heterocycles. The number of benzene rings is 2. The lowest BCUT2D eigenvalue weighted by atomic mass is 10.0. The quantitative estimate of drug-likeness (QED) is 0.406. The number of hydrogen-bond donors (Lipinski definition) is 3. The van der Waals surface area contributed by atoms with Crippen molar-refractivity contribution >= 4 is 27.7 Å². The van der Waals surface area contributed by atoms with Crippen LogP contribution < -0.4 is 5.32 Å². The standard InChI is InChI=1S/C24H17FN4O2/c25-16-6-8-22(30)17(12-16)23(21-11-14-3-1-2-4-18(14)28-21)29-24(31)20-7-5-15-13-26-10-9-19(15)27-20/h1-13,23,28,30H,(H,29,31). The molecule has 3 heterocycles. The number of carbonyl (C=O) groups is 1. The van der Waals surface area contributed by atoms with Crippen molar-refractivity contribution in [2.24, 2.45) is 0 Å². The Morgan fingerprint density at radius 1 is 1.03 bits per heavy atom. The van der Waals surface area contributed by atoms with Gasteiger partial charge >= 0.3 is 0 Å². The molecule has 0 saturated heterocycles. The molecule has 0 spiro atoms. The van der Waals surface area contributed by atoms with Crippen molar-refractivity contribution in [2.75, 3.05) is 0 Å². The first-order chi connectivity index (χ1) is 15.1. The molecular formula is C24H17FN4O2. The number of aromatic amines is 1. The molecule has 1 unspecified atom stereocenters. The van der Waals surface area contributed by atoms with E-state index in [2.05, 4.69) is 20.3 Å². The highest BCUT2D eigenvalue weighted by molar-refractivity contribution is 5.95. The van der Waals surface area contributed by atoms with Crippen LogP contribution in [0.3, 0.4) is 0 Å². The van der Waals surface area contributed by atoms with Gasteiger partial charge in [-0.3, -0.25) is 9.78 Å². The predicted molar refractivity (Wildman–Crippen MR) is 115 cm³/mol. The molecule has 7 heteroatoms. The first kappa shape index (κ1) is 18.7. The maximum Gasteiger partial charge on any atom is 0.270 e. The molecule has 1 amide bonds. The van der Waals surface area contributed by atoms with Crippen molar-refractivity contribution < 1.29 is 14.3 Å². The molecule has 0 aliphatic rings. The zero-order valence-corrected chi connectivity index (χ0v) is 16.2. The highest BCUT2D eigenvalue weighted by Gasteiger charge is 2.24. The number of fused-ring (bicyclic) bond motifs is 2. The lowest BCUT2D eigenvalue weighted by Gasteiger charge is -2.19. The van der Waals surface area contributed by atoms with Gasteiger partial charge in [0.1, 0.15) is 17.3 Å². The molecule has 0 aliphatic carbocycles. The number of H-pyrrole nitrogens is 1. The number of halogens is 1. The highest BCUT2D eigenvalue weighted by Crippen LogP contribution is 2.31. The fourth-order valence-electron chi connectivity index (χ4n) is 3.63. The van der Waals surface area contributed by atoms with Crippen LogP contribution in [0.2, 0.25) is 0 Å². The van der Waals surface area contributed by atoms with Crippen molar-refractivity contribution in [3.63, 3.8) is 0 Å². The van der Waals surface area contributed by atoms with Gasteiger partial charge in [-0.1, -0.05) is 18.2 Å². The van der Waals surface area contributed by atoms with Crippen molar-refractivity contribution in [1.29, 1.82) is 0 Å². The SMILES string of the molecule is O=C(NC(c1cc2ccccc2[nH]1)c1cc(F)ccc1O)c1ccc2cnccc2n1. The number of phenols is 1. The number of nitrogens with zero attached hydrogens (tertiary/aromatic N) is 2. The van der Waals surface area contributed by atoms with Crippen LogP contribution in [0.15, 0.2) is 79.1 Å². The first-order valence-corrected chi connectivity index (χ1v) is 9.66. The Bertz CT molecular complexity index is 1400. The maximum absolute atomic E-state index is 14.0. The lowest BCUT2D eigenvalue weighted by Crippen LogP contribution is -2.30. The molecule has 3 N–H and O–H groups in total. The van der Waals surface area contributed by atoms with Gasteiger partial charge in [0.2, 0.25) is 0 Å². The summed E-state index contributed by atoms with van der Waals surface area (Å²) in [5.41, 5.74) is 2.56. The van der Waals surface area contributed by atoms with Gasteiger partial charge in [-0.05, 0) is 53.9 Å². The molecule has 152 valence electrons. The number of aromatic hydroxyl groups is 1. The summed E-state index contributed by atoms with van der Waals surface area (Å²) in [4.78, 5) is 24.8. The summed E-state index contributed by atoms with van der Waals surface area (Å²) in [5.74, 6) is -1.09. The van der Waals surface area contributed by atoms with E-state index in [0.717, 1.165) is 16.3 Å². The van der Waals surface area contributed by atoms with E-state index < -0.39 is 17.8 Å². The molecular weight excluding hydrogens is 395 g/mol. The number of phenolic OH excluding ortho intramolecular Hbond substituents is 1. The Morgan fingerprint density at radius 3 is 2.77 bits per heavy atom. The molecule has 0 radical (unpaired) electrons. The topological polar surface area (TPSA) is 90.9 Å². The van der Waals surface area contributed by atoms with Crippen LogP contribution in [0.5, 0.6) is 5.75 Å². The minimum Gasteiger partial charge on any atom is -0.508 e. The van der Waals surface area contributed by atoms with Crippen molar-refractivity contribution in [1.82, 2.24) is 20.3 Å². The summed E-state index contributed by atoms with van der Waals surface area (Å²) in [6.07, 6.45) is 3.27. The molecule has 6 nitrogen and oxygen atoms in total. The molecule has 5 aromatic rings. The van der Waals surface area contributed by atoms with E-state index in [1.54, 1.807) is 30.6 Å². The van der Waals surface area contributed by atoms with Crippen LogP contribution in [0.4, 0.5) is 4.39 Å². The van der Waals surface area contributed by atoms with Gasteiger partial charge < -0.3 is 15.4 Å². The molecule has 0 fully saturated rings. The van der Waals surface area contributed by atoms with Crippen LogP contribution in [-0.2, 0) is 0 Å². The number of nitrogens with one attached hydrogen (secondary N) is 2. The summed E-state index contributed by atoms with van der Waals surface area (Å²) in [7, 11) is 0.